The van der Waals surface area contributed by atoms with Gasteiger partial charge in [0.1, 0.15) is 5.52 Å². The smallest absolute Gasteiger partial charge is 0.295 e. The number of hydrogen-bond acceptors (Lipinski definition) is 3. The Labute approximate surface area is 87.1 Å². The van der Waals surface area contributed by atoms with Crippen molar-refractivity contribution in [1.29, 1.82) is 0 Å². The lowest BCUT2D eigenvalue weighted by Gasteiger charge is -2.06. The van der Waals surface area contributed by atoms with Crippen LogP contribution in [-0.4, -0.2) is 16.9 Å². The van der Waals surface area contributed by atoms with E-state index in [0.717, 1.165) is 11.1 Å². The number of aromatic nitrogens is 1. The Morgan fingerprint density at radius 1 is 1.50 bits per heavy atom. The van der Waals surface area contributed by atoms with Gasteiger partial charge in [-0.2, -0.15) is 4.98 Å². The van der Waals surface area contributed by atoms with E-state index in [4.69, 9.17) is 16.0 Å². The largest absolute Gasteiger partial charge is 0.424 e. The van der Waals surface area contributed by atoms with Crippen LogP contribution in [0.1, 0.15) is 6.92 Å². The normalized spacial score (nSPS) is 13.0. The monoisotopic (exact) mass is 210 g/mol. The molecule has 0 aliphatic rings. The van der Waals surface area contributed by atoms with Crippen molar-refractivity contribution in [2.45, 2.75) is 13.0 Å². The molecule has 0 aliphatic carbocycles. The van der Waals surface area contributed by atoms with E-state index < -0.39 is 0 Å². The predicted octanol–water partition coefficient (Wildman–Crippen LogP) is 2.87. The fraction of sp³-hybridized carbons (Fsp3) is 0.300. The molecule has 1 atom stereocenters. The Kier molecular flexibility index (Phi) is 2.59. The van der Waals surface area contributed by atoms with Crippen molar-refractivity contribution in [3.8, 4) is 0 Å². The lowest BCUT2D eigenvalue weighted by Crippen LogP contribution is -2.16. The van der Waals surface area contributed by atoms with Gasteiger partial charge in [0.2, 0.25) is 0 Å². The van der Waals surface area contributed by atoms with E-state index in [2.05, 4.69) is 10.3 Å². The molecule has 3 nitrogen and oxygen atoms in total. The molecule has 1 unspecified atom stereocenters. The van der Waals surface area contributed by atoms with E-state index >= 15 is 0 Å². The Morgan fingerprint density at radius 2 is 2.29 bits per heavy atom. The van der Waals surface area contributed by atoms with Gasteiger partial charge < -0.3 is 9.73 Å². The number of hydrogen-bond donors (Lipinski definition) is 1. The van der Waals surface area contributed by atoms with E-state index in [1.165, 1.54) is 0 Å². The molecule has 0 fully saturated rings. The minimum Gasteiger partial charge on any atom is -0.424 e. The van der Waals surface area contributed by atoms with Crippen molar-refractivity contribution in [2.75, 3.05) is 11.2 Å². The first-order valence-electron chi connectivity index (χ1n) is 4.47. The number of anilines is 1. The topological polar surface area (TPSA) is 38.1 Å². The van der Waals surface area contributed by atoms with E-state index in [0.29, 0.717) is 11.9 Å². The number of fused-ring (bicyclic) bond motifs is 1. The van der Waals surface area contributed by atoms with Crippen LogP contribution in [0.5, 0.6) is 0 Å². The lowest BCUT2D eigenvalue weighted by molar-refractivity contribution is 0.606. The van der Waals surface area contributed by atoms with Crippen LogP contribution in [0.25, 0.3) is 11.1 Å². The summed E-state index contributed by atoms with van der Waals surface area (Å²) >= 11 is 5.67. The third kappa shape index (κ3) is 1.82. The van der Waals surface area contributed by atoms with Crippen molar-refractivity contribution in [1.82, 2.24) is 4.98 Å². The molecular weight excluding hydrogens is 200 g/mol. The van der Waals surface area contributed by atoms with Crippen LogP contribution in [-0.2, 0) is 0 Å². The van der Waals surface area contributed by atoms with Gasteiger partial charge in [-0.25, -0.2) is 0 Å². The molecule has 0 amide bonds. The highest BCUT2D eigenvalue weighted by molar-refractivity contribution is 6.18. The molecular formula is C10H11ClN2O. The highest BCUT2D eigenvalue weighted by atomic mass is 35.5. The Balaban J connectivity index is 2.27. The molecule has 0 bridgehead atoms. The van der Waals surface area contributed by atoms with Crippen LogP contribution >= 0.6 is 11.6 Å². The van der Waals surface area contributed by atoms with Gasteiger partial charge in [0.15, 0.2) is 5.58 Å². The third-order valence-corrected chi connectivity index (χ3v) is 2.36. The second kappa shape index (κ2) is 3.88. The summed E-state index contributed by atoms with van der Waals surface area (Å²) in [5.74, 6) is 0.527. The van der Waals surface area contributed by atoms with Gasteiger partial charge in [0, 0.05) is 11.9 Å². The number of oxazole rings is 1. The fourth-order valence-electron chi connectivity index (χ4n) is 1.18. The minimum atomic E-state index is 0.157. The summed E-state index contributed by atoms with van der Waals surface area (Å²) in [5, 5.41) is 3.07. The number of alkyl halides is 1. The predicted molar refractivity (Wildman–Crippen MR) is 57.8 cm³/mol. The average Bonchev–Trinajstić information content (AvgIpc) is 2.59. The highest BCUT2D eigenvalue weighted by Crippen LogP contribution is 2.18. The van der Waals surface area contributed by atoms with Gasteiger partial charge in [-0.1, -0.05) is 12.1 Å². The molecule has 2 rings (SSSR count). The van der Waals surface area contributed by atoms with Crippen molar-refractivity contribution in [2.24, 2.45) is 0 Å². The Hall–Kier alpha value is -1.22. The number of nitrogens with one attached hydrogen (secondary N) is 1. The van der Waals surface area contributed by atoms with E-state index in [1.54, 1.807) is 0 Å². The summed E-state index contributed by atoms with van der Waals surface area (Å²) < 4.78 is 5.46. The van der Waals surface area contributed by atoms with E-state index in [9.17, 15) is 0 Å². The zero-order valence-corrected chi connectivity index (χ0v) is 8.58. The second-order valence-corrected chi connectivity index (χ2v) is 3.50. The Morgan fingerprint density at radius 3 is 3.00 bits per heavy atom. The van der Waals surface area contributed by atoms with Crippen molar-refractivity contribution < 1.29 is 4.42 Å². The van der Waals surface area contributed by atoms with Gasteiger partial charge in [-0.15, -0.1) is 11.6 Å². The molecule has 1 aromatic heterocycles. The van der Waals surface area contributed by atoms with E-state index in [1.807, 2.05) is 31.2 Å². The first-order chi connectivity index (χ1) is 6.79. The maximum absolute atomic E-state index is 5.67. The number of halogens is 1. The molecule has 1 heterocycles. The van der Waals surface area contributed by atoms with Gasteiger partial charge in [0.05, 0.1) is 0 Å². The zero-order chi connectivity index (χ0) is 9.97. The lowest BCUT2D eigenvalue weighted by atomic mass is 10.3. The molecule has 14 heavy (non-hydrogen) atoms. The first kappa shape index (κ1) is 9.34. The van der Waals surface area contributed by atoms with Crippen LogP contribution in [0.3, 0.4) is 0 Å². The number of benzene rings is 1. The molecule has 4 heteroatoms. The summed E-state index contributed by atoms with van der Waals surface area (Å²) in [4.78, 5) is 4.26. The number of para-hydroxylation sites is 2. The summed E-state index contributed by atoms with van der Waals surface area (Å²) in [6.45, 7) is 1.97. The molecule has 1 N–H and O–H groups in total. The number of nitrogens with zero attached hydrogens (tertiary/aromatic N) is 1. The van der Waals surface area contributed by atoms with Crippen LogP contribution in [0.2, 0.25) is 0 Å². The minimum absolute atomic E-state index is 0.157. The molecule has 1 aromatic carbocycles. The maximum atomic E-state index is 5.67. The van der Waals surface area contributed by atoms with Crippen molar-refractivity contribution in [3.05, 3.63) is 24.3 Å². The summed E-state index contributed by atoms with van der Waals surface area (Å²) in [7, 11) is 0. The van der Waals surface area contributed by atoms with Gasteiger partial charge in [-0.3, -0.25) is 0 Å². The quantitative estimate of drug-likeness (QED) is 0.792. The summed E-state index contributed by atoms with van der Waals surface area (Å²) in [6.07, 6.45) is 0. The molecule has 74 valence electrons. The van der Waals surface area contributed by atoms with Gasteiger partial charge in [0.25, 0.3) is 6.01 Å². The highest BCUT2D eigenvalue weighted by Gasteiger charge is 2.06. The molecule has 0 saturated carbocycles. The van der Waals surface area contributed by atoms with Crippen LogP contribution < -0.4 is 5.32 Å². The third-order valence-electron chi connectivity index (χ3n) is 1.90. The zero-order valence-electron chi connectivity index (χ0n) is 7.83. The van der Waals surface area contributed by atoms with Crippen molar-refractivity contribution in [3.63, 3.8) is 0 Å². The summed E-state index contributed by atoms with van der Waals surface area (Å²) in [6, 6.07) is 8.33. The first-order valence-corrected chi connectivity index (χ1v) is 5.01. The maximum Gasteiger partial charge on any atom is 0.295 e. The van der Waals surface area contributed by atoms with E-state index in [-0.39, 0.29) is 6.04 Å². The van der Waals surface area contributed by atoms with Gasteiger partial charge >= 0.3 is 0 Å². The standard InChI is InChI=1S/C10H11ClN2O/c1-7(6-11)12-10-13-8-4-2-3-5-9(8)14-10/h2-5,7H,6H2,1H3,(H,12,13). The fourth-order valence-corrected chi connectivity index (χ4v) is 1.26. The molecule has 0 aliphatic heterocycles. The number of rotatable bonds is 3. The molecule has 0 saturated heterocycles. The van der Waals surface area contributed by atoms with Crippen LogP contribution in [0, 0.1) is 0 Å². The van der Waals surface area contributed by atoms with Crippen LogP contribution in [0.4, 0.5) is 6.01 Å². The SMILES string of the molecule is CC(CCl)Nc1nc2ccccc2o1. The molecule has 0 spiro atoms. The second-order valence-electron chi connectivity index (χ2n) is 3.19. The van der Waals surface area contributed by atoms with Gasteiger partial charge in [-0.05, 0) is 19.1 Å². The average molecular weight is 211 g/mol. The molecule has 0 radical (unpaired) electrons. The van der Waals surface area contributed by atoms with Crippen molar-refractivity contribution >= 4 is 28.7 Å². The Bertz CT molecular complexity index is 394. The van der Waals surface area contributed by atoms with Crippen LogP contribution in [0.15, 0.2) is 28.7 Å². The summed E-state index contributed by atoms with van der Waals surface area (Å²) in [5.41, 5.74) is 1.65. The molecule has 2 aromatic rings.